The highest BCUT2D eigenvalue weighted by atomic mass is 127. The predicted octanol–water partition coefficient (Wildman–Crippen LogP) is 3.89. The van der Waals surface area contributed by atoms with Crippen LogP contribution in [-0.4, -0.2) is 37.4 Å². The van der Waals surface area contributed by atoms with Crippen molar-refractivity contribution in [2.24, 2.45) is 4.99 Å². The summed E-state index contributed by atoms with van der Waals surface area (Å²) in [6, 6.07) is 13.6. The molecule has 0 spiro atoms. The Bertz CT molecular complexity index is 798. The summed E-state index contributed by atoms with van der Waals surface area (Å²) in [7, 11) is 0. The van der Waals surface area contributed by atoms with Gasteiger partial charge in [-0.15, -0.1) is 24.0 Å². The Labute approximate surface area is 183 Å². The third kappa shape index (κ3) is 6.27. The molecule has 0 saturated carbocycles. The standard InChI is InChI=1S/C21H27N3O3.HI/c1-3-22-21(23-14-18(25)16-7-4-6-15(2)12-16)24-17-8-9-19-20(13-17)27-11-5-10-26-19;/h4,6-9,12-13,18,25H,3,5,10-11,14H2,1-2H3,(H2,22,23,24);1H. The largest absolute Gasteiger partial charge is 0.490 e. The Morgan fingerprint density at radius 2 is 1.93 bits per heavy atom. The molecule has 2 aromatic rings. The molecule has 1 heterocycles. The van der Waals surface area contributed by atoms with Gasteiger partial charge in [0, 0.05) is 24.7 Å². The van der Waals surface area contributed by atoms with E-state index in [0.29, 0.717) is 19.2 Å². The fourth-order valence-electron chi connectivity index (χ4n) is 2.85. The molecular weight excluding hydrogens is 469 g/mol. The molecule has 2 aromatic carbocycles. The van der Waals surface area contributed by atoms with Crippen molar-refractivity contribution >= 4 is 35.6 Å². The van der Waals surface area contributed by atoms with Crippen molar-refractivity contribution in [1.82, 2.24) is 5.32 Å². The summed E-state index contributed by atoms with van der Waals surface area (Å²) in [6.07, 6.45) is 0.224. The van der Waals surface area contributed by atoms with E-state index >= 15 is 0 Å². The Balaban J connectivity index is 0.00000280. The summed E-state index contributed by atoms with van der Waals surface area (Å²) in [5.41, 5.74) is 2.84. The number of hydrogen-bond donors (Lipinski definition) is 3. The van der Waals surface area contributed by atoms with Gasteiger partial charge >= 0.3 is 0 Å². The molecule has 1 unspecified atom stereocenters. The number of aliphatic hydroxyl groups is 1. The molecule has 152 valence electrons. The lowest BCUT2D eigenvalue weighted by Crippen LogP contribution is -2.31. The number of guanidine groups is 1. The molecule has 28 heavy (non-hydrogen) atoms. The van der Waals surface area contributed by atoms with E-state index in [9.17, 15) is 5.11 Å². The molecular formula is C21H28IN3O3. The summed E-state index contributed by atoms with van der Waals surface area (Å²) < 4.78 is 11.4. The highest BCUT2D eigenvalue weighted by Gasteiger charge is 2.12. The molecule has 0 aromatic heterocycles. The van der Waals surface area contributed by atoms with E-state index in [4.69, 9.17) is 9.47 Å². The monoisotopic (exact) mass is 497 g/mol. The second kappa shape index (κ2) is 11.1. The summed E-state index contributed by atoms with van der Waals surface area (Å²) in [5.74, 6) is 2.10. The molecule has 7 heteroatoms. The number of aryl methyl sites for hydroxylation is 1. The van der Waals surface area contributed by atoms with Gasteiger partial charge in [-0.05, 0) is 31.5 Å². The smallest absolute Gasteiger partial charge is 0.195 e. The van der Waals surface area contributed by atoms with E-state index in [1.165, 1.54) is 0 Å². The quantitative estimate of drug-likeness (QED) is 0.332. The molecule has 3 N–H and O–H groups in total. The van der Waals surface area contributed by atoms with E-state index in [1.807, 2.05) is 56.3 Å². The molecule has 0 aliphatic carbocycles. The van der Waals surface area contributed by atoms with Crippen LogP contribution in [-0.2, 0) is 0 Å². The van der Waals surface area contributed by atoms with Crippen molar-refractivity contribution < 1.29 is 14.6 Å². The Morgan fingerprint density at radius 1 is 1.14 bits per heavy atom. The van der Waals surface area contributed by atoms with Gasteiger partial charge in [-0.25, -0.2) is 4.99 Å². The molecule has 1 aliphatic rings. The number of ether oxygens (including phenoxy) is 2. The molecule has 0 fully saturated rings. The van der Waals surface area contributed by atoms with Gasteiger partial charge in [0.25, 0.3) is 0 Å². The number of fused-ring (bicyclic) bond motifs is 1. The third-order valence-electron chi connectivity index (χ3n) is 4.20. The van der Waals surface area contributed by atoms with Crippen LogP contribution in [0.15, 0.2) is 47.5 Å². The second-order valence-corrected chi connectivity index (χ2v) is 6.49. The van der Waals surface area contributed by atoms with Crippen LogP contribution in [0.1, 0.15) is 30.6 Å². The third-order valence-corrected chi connectivity index (χ3v) is 4.20. The molecule has 1 atom stereocenters. The van der Waals surface area contributed by atoms with Gasteiger partial charge in [0.15, 0.2) is 17.5 Å². The summed E-state index contributed by atoms with van der Waals surface area (Å²) in [5, 5.41) is 16.9. The van der Waals surface area contributed by atoms with Crippen LogP contribution in [0.4, 0.5) is 5.69 Å². The normalized spacial score (nSPS) is 14.5. The van der Waals surface area contributed by atoms with Crippen LogP contribution < -0.4 is 20.1 Å². The summed E-state index contributed by atoms with van der Waals surface area (Å²) >= 11 is 0. The Hall–Kier alpha value is -2.00. The first kappa shape index (κ1) is 22.3. The highest BCUT2D eigenvalue weighted by Crippen LogP contribution is 2.32. The van der Waals surface area contributed by atoms with Crippen molar-refractivity contribution in [3.63, 3.8) is 0 Å². The fourth-order valence-corrected chi connectivity index (χ4v) is 2.85. The zero-order chi connectivity index (χ0) is 19.1. The highest BCUT2D eigenvalue weighted by molar-refractivity contribution is 14.0. The van der Waals surface area contributed by atoms with Gasteiger partial charge in [-0.2, -0.15) is 0 Å². The van der Waals surface area contributed by atoms with Crippen LogP contribution in [0.3, 0.4) is 0 Å². The van der Waals surface area contributed by atoms with E-state index in [2.05, 4.69) is 15.6 Å². The zero-order valence-corrected chi connectivity index (χ0v) is 18.6. The lowest BCUT2D eigenvalue weighted by atomic mass is 10.1. The average molecular weight is 497 g/mol. The second-order valence-electron chi connectivity index (χ2n) is 6.49. The molecule has 0 saturated heterocycles. The van der Waals surface area contributed by atoms with Crippen LogP contribution in [0.5, 0.6) is 11.5 Å². The van der Waals surface area contributed by atoms with E-state index < -0.39 is 6.10 Å². The summed E-state index contributed by atoms with van der Waals surface area (Å²) in [4.78, 5) is 4.52. The summed E-state index contributed by atoms with van der Waals surface area (Å²) in [6.45, 7) is 6.31. The number of aliphatic hydroxyl groups excluding tert-OH is 1. The van der Waals surface area contributed by atoms with Crippen LogP contribution >= 0.6 is 24.0 Å². The van der Waals surface area contributed by atoms with E-state index in [-0.39, 0.29) is 30.5 Å². The minimum Gasteiger partial charge on any atom is -0.490 e. The Morgan fingerprint density at radius 3 is 2.68 bits per heavy atom. The van der Waals surface area contributed by atoms with Gasteiger partial charge in [-0.1, -0.05) is 29.8 Å². The van der Waals surface area contributed by atoms with Crippen molar-refractivity contribution in [3.05, 3.63) is 53.6 Å². The van der Waals surface area contributed by atoms with E-state index in [0.717, 1.165) is 41.3 Å². The maximum atomic E-state index is 10.4. The molecule has 0 amide bonds. The van der Waals surface area contributed by atoms with Crippen molar-refractivity contribution in [1.29, 1.82) is 0 Å². The lowest BCUT2D eigenvalue weighted by Gasteiger charge is -2.15. The molecule has 6 nitrogen and oxygen atoms in total. The predicted molar refractivity (Wildman–Crippen MR) is 123 cm³/mol. The average Bonchev–Trinajstić information content (AvgIpc) is 2.91. The van der Waals surface area contributed by atoms with E-state index in [1.54, 1.807) is 0 Å². The van der Waals surface area contributed by atoms with Gasteiger partial charge in [-0.3, -0.25) is 0 Å². The lowest BCUT2D eigenvalue weighted by molar-refractivity contribution is 0.187. The van der Waals surface area contributed by atoms with Gasteiger partial charge in [0.2, 0.25) is 0 Å². The topological polar surface area (TPSA) is 75.1 Å². The van der Waals surface area contributed by atoms with Crippen LogP contribution in [0.2, 0.25) is 0 Å². The number of benzene rings is 2. The number of rotatable bonds is 5. The Kier molecular flexibility index (Phi) is 8.85. The maximum absolute atomic E-state index is 10.4. The number of nitrogens with one attached hydrogen (secondary N) is 2. The first-order chi connectivity index (χ1) is 13.2. The number of hydrogen-bond acceptors (Lipinski definition) is 4. The minimum absolute atomic E-state index is 0. The number of aliphatic imine (C=N–C) groups is 1. The van der Waals surface area contributed by atoms with Crippen molar-refractivity contribution in [2.45, 2.75) is 26.4 Å². The maximum Gasteiger partial charge on any atom is 0.195 e. The molecule has 1 aliphatic heterocycles. The zero-order valence-electron chi connectivity index (χ0n) is 16.3. The number of anilines is 1. The van der Waals surface area contributed by atoms with Gasteiger partial charge in [0.05, 0.1) is 25.9 Å². The molecule has 3 rings (SSSR count). The van der Waals surface area contributed by atoms with Gasteiger partial charge in [0.1, 0.15) is 0 Å². The first-order valence-corrected chi connectivity index (χ1v) is 9.35. The molecule has 0 radical (unpaired) electrons. The minimum atomic E-state index is -0.649. The SMILES string of the molecule is CCNC(=NCC(O)c1cccc(C)c1)Nc1ccc2c(c1)OCCCO2.I. The van der Waals surface area contributed by atoms with Crippen molar-refractivity contribution in [2.75, 3.05) is 31.6 Å². The first-order valence-electron chi connectivity index (χ1n) is 9.35. The number of nitrogens with zero attached hydrogens (tertiary/aromatic N) is 1. The van der Waals surface area contributed by atoms with Crippen LogP contribution in [0.25, 0.3) is 0 Å². The van der Waals surface area contributed by atoms with Gasteiger partial charge < -0.3 is 25.2 Å². The molecule has 0 bridgehead atoms. The van der Waals surface area contributed by atoms with Crippen molar-refractivity contribution in [3.8, 4) is 11.5 Å². The van der Waals surface area contributed by atoms with Crippen LogP contribution in [0, 0.1) is 6.92 Å². The number of halogens is 1. The fraction of sp³-hybridized carbons (Fsp3) is 0.381.